The van der Waals surface area contributed by atoms with E-state index in [-0.39, 0.29) is 16.9 Å². The molecule has 0 spiro atoms. The van der Waals surface area contributed by atoms with Crippen molar-refractivity contribution in [1.82, 2.24) is 0 Å². The summed E-state index contributed by atoms with van der Waals surface area (Å²) in [7, 11) is 0. The van der Waals surface area contributed by atoms with Gasteiger partial charge in [-0.1, -0.05) is 78.7 Å². The van der Waals surface area contributed by atoms with Gasteiger partial charge in [-0.05, 0) is 49.6 Å². The monoisotopic (exact) mass is 448 g/mol. The molecule has 5 heteroatoms. The third kappa shape index (κ3) is 3.02. The second-order valence-corrected chi connectivity index (χ2v) is 9.90. The third-order valence-corrected chi connectivity index (χ3v) is 7.20. The second kappa shape index (κ2) is 6.94. The van der Waals surface area contributed by atoms with Crippen molar-refractivity contribution in [3.05, 3.63) is 93.5 Å². The molecular weight excluding hydrogens is 427 g/mol. The largest absolute Gasteiger partial charge is 0.300 e. The van der Waals surface area contributed by atoms with Gasteiger partial charge in [0.15, 0.2) is 0 Å². The molecule has 0 radical (unpaired) electrons. The molecule has 3 nitrogen and oxygen atoms in total. The van der Waals surface area contributed by atoms with Crippen LogP contribution >= 0.6 is 23.2 Å². The fourth-order valence-electron chi connectivity index (χ4n) is 5.22. The number of anilines is 1. The van der Waals surface area contributed by atoms with Gasteiger partial charge in [-0.15, -0.1) is 0 Å². The normalized spacial score (nSPS) is 22.7. The van der Waals surface area contributed by atoms with Gasteiger partial charge in [-0.25, -0.2) is 4.99 Å². The summed E-state index contributed by atoms with van der Waals surface area (Å²) < 4.78 is 0. The smallest absolute Gasteiger partial charge is 0.278 e. The maximum Gasteiger partial charge on any atom is 0.278 e. The van der Waals surface area contributed by atoms with Crippen LogP contribution < -0.4 is 4.90 Å². The summed E-state index contributed by atoms with van der Waals surface area (Å²) in [6.45, 7) is 6.54. The number of rotatable bonds is 2. The van der Waals surface area contributed by atoms with E-state index < -0.39 is 0 Å². The Morgan fingerprint density at radius 2 is 1.65 bits per heavy atom. The fraction of sp³-hybridized carbons (Fsp3) is 0.231. The predicted octanol–water partition coefficient (Wildman–Crippen LogP) is 6.95. The third-order valence-electron chi connectivity index (χ3n) is 6.46. The number of carbonyl (C=O) groups excluding carboxylic acids is 1. The summed E-state index contributed by atoms with van der Waals surface area (Å²) >= 11 is 12.2. The lowest BCUT2D eigenvalue weighted by Crippen LogP contribution is -2.54. The van der Waals surface area contributed by atoms with Crippen LogP contribution in [0.2, 0.25) is 10.0 Å². The molecule has 1 atom stereocenters. The highest BCUT2D eigenvalue weighted by Crippen LogP contribution is 2.54. The summed E-state index contributed by atoms with van der Waals surface area (Å²) in [6, 6.07) is 21.9. The molecule has 2 aliphatic heterocycles. The molecule has 0 saturated carbocycles. The van der Waals surface area contributed by atoms with Gasteiger partial charge in [0.2, 0.25) is 0 Å². The van der Waals surface area contributed by atoms with Gasteiger partial charge in [-0.3, -0.25) is 4.79 Å². The quantitative estimate of drug-likeness (QED) is 0.417. The first-order valence-corrected chi connectivity index (χ1v) is 11.1. The molecule has 3 aromatic rings. The van der Waals surface area contributed by atoms with E-state index in [1.807, 2.05) is 23.1 Å². The number of carbonyl (C=O) groups is 1. The van der Waals surface area contributed by atoms with E-state index >= 15 is 0 Å². The van der Waals surface area contributed by atoms with Gasteiger partial charge >= 0.3 is 0 Å². The zero-order valence-corrected chi connectivity index (χ0v) is 19.1. The molecule has 0 N–H and O–H groups in total. The minimum atomic E-state index is -0.375. The molecule has 0 aromatic heterocycles. The fourth-order valence-corrected chi connectivity index (χ4v) is 5.51. The van der Waals surface area contributed by atoms with E-state index in [1.165, 1.54) is 5.56 Å². The van der Waals surface area contributed by atoms with Gasteiger partial charge in [-0.2, -0.15) is 0 Å². The summed E-state index contributed by atoms with van der Waals surface area (Å²) in [6.07, 6.45) is 0.812. The van der Waals surface area contributed by atoms with Gasteiger partial charge in [0.1, 0.15) is 5.71 Å². The van der Waals surface area contributed by atoms with E-state index in [0.29, 0.717) is 21.4 Å². The van der Waals surface area contributed by atoms with Crippen LogP contribution in [0.5, 0.6) is 0 Å². The molecule has 31 heavy (non-hydrogen) atoms. The Hall–Kier alpha value is -2.62. The maximum absolute atomic E-state index is 13.6. The van der Waals surface area contributed by atoms with E-state index in [4.69, 9.17) is 28.2 Å². The summed E-state index contributed by atoms with van der Waals surface area (Å²) in [4.78, 5) is 20.3. The zero-order valence-electron chi connectivity index (χ0n) is 17.6. The molecule has 0 bridgehead atoms. The first-order valence-electron chi connectivity index (χ1n) is 10.3. The number of aliphatic imine (C=N–C) groups is 1. The predicted molar refractivity (Wildman–Crippen MR) is 128 cm³/mol. The summed E-state index contributed by atoms with van der Waals surface area (Å²) in [5, 5.41) is 0.881. The average molecular weight is 449 g/mol. The Bertz CT molecular complexity index is 1250. The maximum atomic E-state index is 13.6. The van der Waals surface area contributed by atoms with Crippen molar-refractivity contribution < 1.29 is 4.79 Å². The first-order chi connectivity index (χ1) is 14.7. The molecule has 0 saturated heterocycles. The van der Waals surface area contributed by atoms with E-state index in [1.54, 1.807) is 18.2 Å². The molecule has 156 valence electrons. The molecule has 3 aromatic carbocycles. The number of amides is 1. The summed E-state index contributed by atoms with van der Waals surface area (Å²) in [5.74, 6) is -0.0753. The number of hydrogen-bond acceptors (Lipinski definition) is 2. The van der Waals surface area contributed by atoms with Crippen molar-refractivity contribution in [3.8, 4) is 0 Å². The van der Waals surface area contributed by atoms with Crippen LogP contribution in [0.25, 0.3) is 0 Å². The highest BCUT2D eigenvalue weighted by Gasteiger charge is 2.52. The van der Waals surface area contributed by atoms with Crippen molar-refractivity contribution in [1.29, 1.82) is 0 Å². The Kier molecular flexibility index (Phi) is 4.55. The molecule has 2 aliphatic rings. The molecule has 1 amide bonds. The van der Waals surface area contributed by atoms with Gasteiger partial charge in [0.05, 0.1) is 21.4 Å². The lowest BCUT2D eigenvalue weighted by Gasteiger charge is -2.49. The number of halogens is 2. The molecule has 0 aliphatic carbocycles. The topological polar surface area (TPSA) is 32.7 Å². The van der Waals surface area contributed by atoms with Gasteiger partial charge in [0.25, 0.3) is 5.91 Å². The molecule has 0 fully saturated rings. The minimum Gasteiger partial charge on any atom is -0.300 e. The van der Waals surface area contributed by atoms with Gasteiger partial charge < -0.3 is 4.90 Å². The lowest BCUT2D eigenvalue weighted by atomic mass is 9.65. The average Bonchev–Trinajstić information content (AvgIpc) is 3.02. The Morgan fingerprint density at radius 1 is 0.903 bits per heavy atom. The number of nitrogens with zero attached hydrogens (tertiary/aromatic N) is 2. The van der Waals surface area contributed by atoms with Crippen LogP contribution in [-0.2, 0) is 10.2 Å². The standard InChI is InChI=1S/C26H22Cl2N2O/c1-25(2)15-26(3,16-8-5-4-6-9-16)19-11-7-10-18-22(24(31)30(25)23(18)19)29-17-12-13-20(27)21(28)14-17/h4-14H,15H2,1-3H3/t26-/m0/s1. The molecule has 2 heterocycles. The van der Waals surface area contributed by atoms with Crippen molar-refractivity contribution in [2.45, 2.75) is 38.1 Å². The number of para-hydroxylation sites is 1. The second-order valence-electron chi connectivity index (χ2n) is 9.09. The van der Waals surface area contributed by atoms with Crippen molar-refractivity contribution >= 4 is 46.2 Å². The number of hydrogen-bond donors (Lipinski definition) is 0. The van der Waals surface area contributed by atoms with Crippen molar-refractivity contribution in [3.63, 3.8) is 0 Å². The molecule has 0 unspecified atom stereocenters. The van der Waals surface area contributed by atoms with Crippen LogP contribution in [0.4, 0.5) is 11.4 Å². The SMILES string of the molecule is CC1(C)C[C@@](C)(c2ccccc2)c2cccc3c2N1C(=O)C3=Nc1ccc(Cl)c(Cl)c1. The van der Waals surface area contributed by atoms with E-state index in [2.05, 4.69) is 51.1 Å². The van der Waals surface area contributed by atoms with Crippen LogP contribution in [-0.4, -0.2) is 17.2 Å². The Morgan fingerprint density at radius 3 is 2.35 bits per heavy atom. The molecular formula is C26H22Cl2N2O. The Balaban J connectivity index is 1.74. The zero-order chi connectivity index (χ0) is 22.0. The van der Waals surface area contributed by atoms with Crippen LogP contribution in [0.3, 0.4) is 0 Å². The first kappa shape index (κ1) is 20.3. The van der Waals surface area contributed by atoms with E-state index in [9.17, 15) is 4.79 Å². The van der Waals surface area contributed by atoms with Crippen LogP contribution in [0.1, 0.15) is 43.9 Å². The van der Waals surface area contributed by atoms with Crippen LogP contribution in [0, 0.1) is 0 Å². The van der Waals surface area contributed by atoms with Crippen LogP contribution in [0.15, 0.2) is 71.7 Å². The highest BCUT2D eigenvalue weighted by molar-refractivity contribution is 6.55. The van der Waals surface area contributed by atoms with Gasteiger partial charge in [0, 0.05) is 16.5 Å². The summed E-state index contributed by atoms with van der Waals surface area (Å²) in [5.41, 5.74) is 4.70. The van der Waals surface area contributed by atoms with Crippen molar-refractivity contribution in [2.75, 3.05) is 4.90 Å². The Labute approximate surface area is 192 Å². The number of benzene rings is 3. The highest BCUT2D eigenvalue weighted by atomic mass is 35.5. The van der Waals surface area contributed by atoms with Crippen molar-refractivity contribution in [2.24, 2.45) is 4.99 Å². The minimum absolute atomic E-state index is 0.0753. The lowest BCUT2D eigenvalue weighted by molar-refractivity contribution is -0.113. The molecule has 5 rings (SSSR count). The van der Waals surface area contributed by atoms with E-state index in [0.717, 1.165) is 23.2 Å².